The molecule has 20 heavy (non-hydrogen) atoms. The third-order valence-electron chi connectivity index (χ3n) is 3.06. The molecular weight excluding hydrogens is 258 g/mol. The van der Waals surface area contributed by atoms with Gasteiger partial charge < -0.3 is 14.8 Å². The topological polar surface area (TPSA) is 79.4 Å². The number of nitrogens with one attached hydrogen (secondary N) is 1. The molecule has 0 bridgehead atoms. The molecule has 0 saturated carbocycles. The van der Waals surface area contributed by atoms with E-state index in [1.165, 1.54) is 13.2 Å². The van der Waals surface area contributed by atoms with Gasteiger partial charge in [-0.05, 0) is 43.2 Å². The van der Waals surface area contributed by atoms with Gasteiger partial charge in [0.1, 0.15) is 5.75 Å². The molecule has 0 fully saturated rings. The Morgan fingerprint density at radius 3 is 2.50 bits per heavy atom. The van der Waals surface area contributed by atoms with Crippen LogP contribution in [0.1, 0.15) is 21.6 Å². The monoisotopic (exact) mass is 273 g/mol. The molecule has 2 aromatic rings. The van der Waals surface area contributed by atoms with Crippen LogP contribution in [0.25, 0.3) is 11.1 Å². The summed E-state index contributed by atoms with van der Waals surface area (Å²) in [6.45, 7) is 3.46. The SMILES string of the molecule is COC(=O)c1ccc(-c2c(O)cc(C)[nH]c2=O)c(C)c1. The van der Waals surface area contributed by atoms with Crippen LogP contribution in [0.3, 0.4) is 0 Å². The normalized spacial score (nSPS) is 10.3. The highest BCUT2D eigenvalue weighted by molar-refractivity contribution is 5.90. The fourth-order valence-corrected chi connectivity index (χ4v) is 2.12. The molecular formula is C15H15NO4. The molecule has 0 aliphatic carbocycles. The van der Waals surface area contributed by atoms with Gasteiger partial charge in [0, 0.05) is 5.69 Å². The lowest BCUT2D eigenvalue weighted by atomic mass is 9.98. The van der Waals surface area contributed by atoms with Gasteiger partial charge in [-0.2, -0.15) is 0 Å². The highest BCUT2D eigenvalue weighted by Crippen LogP contribution is 2.28. The quantitative estimate of drug-likeness (QED) is 0.822. The Morgan fingerprint density at radius 1 is 1.25 bits per heavy atom. The Balaban J connectivity index is 2.60. The van der Waals surface area contributed by atoms with E-state index in [1.54, 1.807) is 32.0 Å². The Labute approximate surface area is 115 Å². The van der Waals surface area contributed by atoms with Crippen LogP contribution in [0, 0.1) is 13.8 Å². The van der Waals surface area contributed by atoms with Crippen molar-refractivity contribution < 1.29 is 14.6 Å². The fourth-order valence-electron chi connectivity index (χ4n) is 2.12. The van der Waals surface area contributed by atoms with Gasteiger partial charge in [0.05, 0.1) is 18.2 Å². The summed E-state index contributed by atoms with van der Waals surface area (Å²) >= 11 is 0. The Morgan fingerprint density at radius 2 is 1.95 bits per heavy atom. The first kappa shape index (κ1) is 13.9. The number of benzene rings is 1. The number of rotatable bonds is 2. The average molecular weight is 273 g/mol. The lowest BCUT2D eigenvalue weighted by molar-refractivity contribution is 0.0600. The van der Waals surface area contributed by atoms with Crippen LogP contribution in [0.4, 0.5) is 0 Å². The third-order valence-corrected chi connectivity index (χ3v) is 3.06. The molecule has 2 N–H and O–H groups in total. The largest absolute Gasteiger partial charge is 0.507 e. The zero-order valence-corrected chi connectivity index (χ0v) is 11.5. The molecule has 0 atom stereocenters. The van der Waals surface area contributed by atoms with Gasteiger partial charge in [0.15, 0.2) is 0 Å². The number of aromatic nitrogens is 1. The lowest BCUT2D eigenvalue weighted by Gasteiger charge is -2.09. The maximum atomic E-state index is 12.0. The molecule has 0 unspecified atom stereocenters. The van der Waals surface area contributed by atoms with E-state index in [0.29, 0.717) is 22.4 Å². The Kier molecular flexibility index (Phi) is 3.61. The molecule has 1 heterocycles. The second-order valence-electron chi connectivity index (χ2n) is 4.56. The number of carbonyl (C=O) groups excluding carboxylic acids is 1. The van der Waals surface area contributed by atoms with Crippen molar-refractivity contribution >= 4 is 5.97 Å². The van der Waals surface area contributed by atoms with Gasteiger partial charge in [-0.1, -0.05) is 6.07 Å². The van der Waals surface area contributed by atoms with Crippen molar-refractivity contribution in [1.29, 1.82) is 0 Å². The summed E-state index contributed by atoms with van der Waals surface area (Å²) < 4.78 is 4.64. The molecule has 104 valence electrons. The number of H-pyrrole nitrogens is 1. The molecule has 1 aromatic heterocycles. The maximum absolute atomic E-state index is 12.0. The number of pyridine rings is 1. The second kappa shape index (κ2) is 5.21. The number of hydrogen-bond donors (Lipinski definition) is 2. The summed E-state index contributed by atoms with van der Waals surface area (Å²) in [5, 5.41) is 9.96. The van der Waals surface area contributed by atoms with Gasteiger partial charge in [-0.25, -0.2) is 4.79 Å². The first-order valence-electron chi connectivity index (χ1n) is 6.06. The number of aryl methyl sites for hydroxylation is 2. The Hall–Kier alpha value is -2.56. The van der Waals surface area contributed by atoms with Crippen LogP contribution in [-0.4, -0.2) is 23.2 Å². The van der Waals surface area contributed by atoms with Crippen molar-refractivity contribution in [1.82, 2.24) is 4.98 Å². The molecule has 0 spiro atoms. The van der Waals surface area contributed by atoms with Crippen molar-refractivity contribution in [3.63, 3.8) is 0 Å². The van der Waals surface area contributed by atoms with Crippen molar-refractivity contribution in [2.45, 2.75) is 13.8 Å². The summed E-state index contributed by atoms with van der Waals surface area (Å²) in [6, 6.07) is 6.30. The zero-order valence-electron chi connectivity index (χ0n) is 11.5. The van der Waals surface area contributed by atoms with E-state index in [-0.39, 0.29) is 16.9 Å². The van der Waals surface area contributed by atoms with Gasteiger partial charge in [0.25, 0.3) is 5.56 Å². The maximum Gasteiger partial charge on any atom is 0.337 e. The number of carbonyl (C=O) groups is 1. The standard InChI is InChI=1S/C15H15NO4/c1-8-6-10(15(19)20-3)4-5-11(8)13-12(17)7-9(2)16-14(13)18/h4-7H,1-3H3,(H2,16,17,18). The number of esters is 1. The van der Waals surface area contributed by atoms with Crippen LogP contribution in [0.5, 0.6) is 5.75 Å². The van der Waals surface area contributed by atoms with E-state index in [4.69, 9.17) is 0 Å². The summed E-state index contributed by atoms with van der Waals surface area (Å²) in [5.41, 5.74) is 2.10. The van der Waals surface area contributed by atoms with Crippen molar-refractivity contribution in [3.05, 3.63) is 51.4 Å². The molecule has 1 aromatic carbocycles. The number of methoxy groups -OCH3 is 1. The van der Waals surface area contributed by atoms with Gasteiger partial charge in [0.2, 0.25) is 0 Å². The van der Waals surface area contributed by atoms with Crippen LogP contribution >= 0.6 is 0 Å². The smallest absolute Gasteiger partial charge is 0.337 e. The molecule has 5 nitrogen and oxygen atoms in total. The number of ether oxygens (including phenoxy) is 1. The van der Waals surface area contributed by atoms with Gasteiger partial charge in [-0.3, -0.25) is 4.79 Å². The first-order valence-corrected chi connectivity index (χ1v) is 6.06. The first-order chi connectivity index (χ1) is 9.43. The molecule has 0 amide bonds. The number of hydrogen-bond acceptors (Lipinski definition) is 4. The molecule has 0 saturated heterocycles. The summed E-state index contributed by atoms with van der Waals surface area (Å²) in [4.78, 5) is 26.1. The minimum absolute atomic E-state index is 0.0832. The van der Waals surface area contributed by atoms with Crippen molar-refractivity contribution in [2.24, 2.45) is 0 Å². The predicted octanol–water partition coefficient (Wildman–Crippen LogP) is 2.15. The minimum atomic E-state index is -0.443. The number of aromatic hydroxyl groups is 1. The van der Waals surface area contributed by atoms with E-state index in [1.807, 2.05) is 0 Å². The van der Waals surface area contributed by atoms with E-state index in [0.717, 1.165) is 0 Å². The van der Waals surface area contributed by atoms with E-state index >= 15 is 0 Å². The summed E-state index contributed by atoms with van der Waals surface area (Å²) in [5.74, 6) is -0.526. The van der Waals surface area contributed by atoms with Crippen LogP contribution in [0.2, 0.25) is 0 Å². The van der Waals surface area contributed by atoms with Crippen molar-refractivity contribution in [3.8, 4) is 16.9 Å². The summed E-state index contributed by atoms with van der Waals surface area (Å²) in [6.07, 6.45) is 0. The van der Waals surface area contributed by atoms with E-state index in [2.05, 4.69) is 9.72 Å². The zero-order chi connectivity index (χ0) is 14.9. The van der Waals surface area contributed by atoms with Gasteiger partial charge in [-0.15, -0.1) is 0 Å². The summed E-state index contributed by atoms with van der Waals surface area (Å²) in [7, 11) is 1.31. The second-order valence-corrected chi connectivity index (χ2v) is 4.56. The number of aromatic amines is 1. The molecule has 2 rings (SSSR count). The van der Waals surface area contributed by atoms with Crippen LogP contribution in [-0.2, 0) is 4.74 Å². The molecule has 5 heteroatoms. The predicted molar refractivity (Wildman–Crippen MR) is 75.0 cm³/mol. The van der Waals surface area contributed by atoms with E-state index in [9.17, 15) is 14.7 Å². The molecule has 0 aliphatic heterocycles. The Bertz CT molecular complexity index is 731. The van der Waals surface area contributed by atoms with E-state index < -0.39 is 5.97 Å². The van der Waals surface area contributed by atoms with Crippen LogP contribution in [0.15, 0.2) is 29.1 Å². The van der Waals surface area contributed by atoms with Crippen LogP contribution < -0.4 is 5.56 Å². The van der Waals surface area contributed by atoms with Gasteiger partial charge >= 0.3 is 5.97 Å². The lowest BCUT2D eigenvalue weighted by Crippen LogP contribution is -2.11. The molecule has 0 aliphatic rings. The van der Waals surface area contributed by atoms with Crippen molar-refractivity contribution in [2.75, 3.05) is 7.11 Å². The highest BCUT2D eigenvalue weighted by Gasteiger charge is 2.14. The minimum Gasteiger partial charge on any atom is -0.507 e. The third kappa shape index (κ3) is 2.42. The fraction of sp³-hybridized carbons (Fsp3) is 0.200. The average Bonchev–Trinajstić information content (AvgIpc) is 2.38. The highest BCUT2D eigenvalue weighted by atomic mass is 16.5. The molecule has 0 radical (unpaired) electrons.